The van der Waals surface area contributed by atoms with Crippen molar-refractivity contribution in [3.8, 4) is 0 Å². The van der Waals surface area contributed by atoms with E-state index in [-0.39, 0.29) is 17.2 Å². The Balaban J connectivity index is 1.52. The largest absolute Gasteiger partial charge is 0.399 e. The Labute approximate surface area is 178 Å². The van der Waals surface area contributed by atoms with E-state index in [1.54, 1.807) is 11.3 Å². The van der Waals surface area contributed by atoms with E-state index in [4.69, 9.17) is 5.73 Å². The molecular weight excluding hydrogens is 398 g/mol. The van der Waals surface area contributed by atoms with Crippen LogP contribution in [0.5, 0.6) is 0 Å². The number of hydrogen-bond acceptors (Lipinski definition) is 5. The smallest absolute Gasteiger partial charge is 0.234 e. The second kappa shape index (κ2) is 8.68. The second-order valence-electron chi connectivity index (χ2n) is 6.73. The predicted octanol–water partition coefficient (Wildman–Crippen LogP) is 5.26. The molecular formula is C23H21N3OS2. The Hall–Kier alpha value is -2.83. The number of hydrogen-bond donors (Lipinski definition) is 2. The first-order chi connectivity index (χ1) is 14.1. The molecule has 0 aliphatic rings. The van der Waals surface area contributed by atoms with Crippen molar-refractivity contribution in [1.29, 1.82) is 0 Å². The molecule has 0 bridgehead atoms. The molecule has 0 saturated heterocycles. The zero-order valence-corrected chi connectivity index (χ0v) is 17.5. The van der Waals surface area contributed by atoms with Gasteiger partial charge in [-0.05, 0) is 36.2 Å². The Kier molecular flexibility index (Phi) is 5.83. The average Bonchev–Trinajstić information content (AvgIpc) is 3.14. The van der Waals surface area contributed by atoms with Crippen LogP contribution in [0.25, 0.3) is 10.2 Å². The summed E-state index contributed by atoms with van der Waals surface area (Å²) in [5.41, 5.74) is 9.59. The summed E-state index contributed by atoms with van der Waals surface area (Å²) in [5.74, 6) is -0.0218. The van der Waals surface area contributed by atoms with Gasteiger partial charge in [0.05, 0.1) is 21.5 Å². The standard InChI is InChI=1S/C23H21N3OS2/c1-15(28-23-25-19-13-12-18(24)14-20(19)29-23)22(27)26-21(16-8-4-2-5-9-16)17-10-6-3-7-11-17/h2-15,21H,24H2,1H3,(H,26,27). The minimum absolute atomic E-state index is 0.0218. The van der Waals surface area contributed by atoms with E-state index >= 15 is 0 Å². The second-order valence-corrected chi connectivity index (χ2v) is 9.35. The van der Waals surface area contributed by atoms with Crippen LogP contribution in [0.2, 0.25) is 0 Å². The number of nitrogens with zero attached hydrogens (tertiary/aromatic N) is 1. The van der Waals surface area contributed by atoms with E-state index in [1.165, 1.54) is 11.8 Å². The highest BCUT2D eigenvalue weighted by Crippen LogP contribution is 2.33. The number of aromatic nitrogens is 1. The van der Waals surface area contributed by atoms with Gasteiger partial charge < -0.3 is 11.1 Å². The minimum Gasteiger partial charge on any atom is -0.399 e. The minimum atomic E-state index is -0.275. The number of nitrogens with one attached hydrogen (secondary N) is 1. The fourth-order valence-corrected chi connectivity index (χ4v) is 5.35. The van der Waals surface area contributed by atoms with Gasteiger partial charge in [0.15, 0.2) is 4.34 Å². The Morgan fingerprint density at radius 1 is 1.00 bits per heavy atom. The van der Waals surface area contributed by atoms with Crippen LogP contribution in [0, 0.1) is 0 Å². The van der Waals surface area contributed by atoms with Crippen LogP contribution in [0.1, 0.15) is 24.1 Å². The topological polar surface area (TPSA) is 68.0 Å². The maximum atomic E-state index is 13.0. The molecule has 1 amide bonds. The highest BCUT2D eigenvalue weighted by Gasteiger charge is 2.22. The van der Waals surface area contributed by atoms with Gasteiger partial charge in [-0.3, -0.25) is 4.79 Å². The quantitative estimate of drug-likeness (QED) is 0.330. The highest BCUT2D eigenvalue weighted by atomic mass is 32.2. The Morgan fingerprint density at radius 2 is 1.62 bits per heavy atom. The number of fused-ring (bicyclic) bond motifs is 1. The first-order valence-corrected chi connectivity index (χ1v) is 11.0. The van der Waals surface area contributed by atoms with E-state index in [0.717, 1.165) is 31.4 Å². The normalized spacial score (nSPS) is 12.2. The maximum Gasteiger partial charge on any atom is 0.234 e. The molecule has 4 nitrogen and oxygen atoms in total. The molecule has 3 aromatic carbocycles. The lowest BCUT2D eigenvalue weighted by molar-refractivity contribution is -0.120. The fraction of sp³-hybridized carbons (Fsp3) is 0.130. The van der Waals surface area contributed by atoms with Gasteiger partial charge in [-0.2, -0.15) is 0 Å². The molecule has 0 spiro atoms. The van der Waals surface area contributed by atoms with Crippen molar-refractivity contribution >= 4 is 44.9 Å². The van der Waals surface area contributed by atoms with Crippen molar-refractivity contribution in [2.75, 3.05) is 5.73 Å². The molecule has 1 aromatic heterocycles. The summed E-state index contributed by atoms with van der Waals surface area (Å²) in [6, 6.07) is 25.5. The number of thiazole rings is 1. The van der Waals surface area contributed by atoms with Crippen LogP contribution >= 0.6 is 23.1 Å². The van der Waals surface area contributed by atoms with Gasteiger partial charge >= 0.3 is 0 Å². The number of anilines is 1. The van der Waals surface area contributed by atoms with Gasteiger partial charge in [-0.25, -0.2) is 4.98 Å². The molecule has 1 atom stereocenters. The molecule has 0 radical (unpaired) electrons. The van der Waals surface area contributed by atoms with Crippen LogP contribution in [0.3, 0.4) is 0 Å². The van der Waals surface area contributed by atoms with Crippen molar-refractivity contribution in [2.45, 2.75) is 22.6 Å². The number of benzene rings is 3. The zero-order valence-electron chi connectivity index (χ0n) is 15.9. The maximum absolute atomic E-state index is 13.0. The highest BCUT2D eigenvalue weighted by molar-refractivity contribution is 8.02. The molecule has 0 fully saturated rings. The number of amides is 1. The summed E-state index contributed by atoms with van der Waals surface area (Å²) in [7, 11) is 0. The van der Waals surface area contributed by atoms with Gasteiger partial charge in [0.1, 0.15) is 0 Å². The number of rotatable bonds is 6. The van der Waals surface area contributed by atoms with E-state index < -0.39 is 0 Å². The molecule has 146 valence electrons. The average molecular weight is 420 g/mol. The summed E-state index contributed by atoms with van der Waals surface area (Å²) in [5, 5.41) is 2.93. The third-order valence-corrected chi connectivity index (χ3v) is 6.80. The zero-order chi connectivity index (χ0) is 20.2. The number of thioether (sulfide) groups is 1. The van der Waals surface area contributed by atoms with Gasteiger partial charge in [-0.1, -0.05) is 72.4 Å². The molecule has 0 saturated carbocycles. The lowest BCUT2D eigenvalue weighted by Gasteiger charge is -2.21. The third-order valence-electron chi connectivity index (χ3n) is 4.59. The number of nitrogen functional groups attached to an aromatic ring is 1. The van der Waals surface area contributed by atoms with Gasteiger partial charge in [-0.15, -0.1) is 11.3 Å². The van der Waals surface area contributed by atoms with Gasteiger partial charge in [0.2, 0.25) is 5.91 Å². The first-order valence-electron chi connectivity index (χ1n) is 9.33. The molecule has 29 heavy (non-hydrogen) atoms. The van der Waals surface area contributed by atoms with Crippen molar-refractivity contribution in [1.82, 2.24) is 10.3 Å². The van der Waals surface area contributed by atoms with Crippen molar-refractivity contribution in [2.24, 2.45) is 0 Å². The number of carbonyl (C=O) groups excluding carboxylic acids is 1. The summed E-state index contributed by atoms with van der Waals surface area (Å²) in [4.78, 5) is 17.6. The van der Waals surface area contributed by atoms with E-state index in [9.17, 15) is 4.79 Å². The Morgan fingerprint density at radius 3 is 2.24 bits per heavy atom. The van der Waals surface area contributed by atoms with Crippen LogP contribution in [-0.2, 0) is 4.79 Å². The summed E-state index contributed by atoms with van der Waals surface area (Å²) >= 11 is 3.03. The Bertz CT molecular complexity index is 1070. The summed E-state index contributed by atoms with van der Waals surface area (Å²) < 4.78 is 1.90. The molecule has 1 heterocycles. The number of nitrogens with two attached hydrogens (primary N) is 1. The first kappa shape index (κ1) is 19.5. The van der Waals surface area contributed by atoms with Crippen molar-refractivity contribution in [3.05, 3.63) is 90.0 Å². The van der Waals surface area contributed by atoms with Crippen LogP contribution in [0.4, 0.5) is 5.69 Å². The summed E-state index contributed by atoms with van der Waals surface area (Å²) in [6.07, 6.45) is 0. The summed E-state index contributed by atoms with van der Waals surface area (Å²) in [6.45, 7) is 1.91. The fourth-order valence-electron chi connectivity index (χ4n) is 3.08. The molecule has 1 unspecified atom stereocenters. The lowest BCUT2D eigenvalue weighted by Crippen LogP contribution is -2.34. The van der Waals surface area contributed by atoms with Crippen molar-refractivity contribution in [3.63, 3.8) is 0 Å². The molecule has 3 N–H and O–H groups in total. The molecule has 0 aliphatic heterocycles. The van der Waals surface area contributed by atoms with E-state index in [2.05, 4.69) is 10.3 Å². The molecule has 0 aliphatic carbocycles. The molecule has 6 heteroatoms. The SMILES string of the molecule is CC(Sc1nc2ccc(N)cc2s1)C(=O)NC(c1ccccc1)c1ccccc1. The van der Waals surface area contributed by atoms with Gasteiger partial charge in [0, 0.05) is 5.69 Å². The van der Waals surface area contributed by atoms with E-state index in [1.807, 2.05) is 85.8 Å². The predicted molar refractivity (Wildman–Crippen MR) is 122 cm³/mol. The molecule has 4 aromatic rings. The van der Waals surface area contributed by atoms with Gasteiger partial charge in [0.25, 0.3) is 0 Å². The molecule has 4 rings (SSSR count). The monoisotopic (exact) mass is 419 g/mol. The van der Waals surface area contributed by atoms with Crippen LogP contribution in [0.15, 0.2) is 83.2 Å². The number of carbonyl (C=O) groups is 1. The van der Waals surface area contributed by atoms with Crippen LogP contribution < -0.4 is 11.1 Å². The third kappa shape index (κ3) is 4.60. The lowest BCUT2D eigenvalue weighted by atomic mass is 9.98. The van der Waals surface area contributed by atoms with Crippen molar-refractivity contribution < 1.29 is 4.79 Å². The van der Waals surface area contributed by atoms with E-state index in [0.29, 0.717) is 0 Å². The van der Waals surface area contributed by atoms with Crippen LogP contribution in [-0.4, -0.2) is 16.1 Å².